The zero-order valence-corrected chi connectivity index (χ0v) is 50.5. The van der Waals surface area contributed by atoms with Crippen LogP contribution in [0.5, 0.6) is 0 Å². The number of allylic oxidation sites excluding steroid dienone is 6. The van der Waals surface area contributed by atoms with Crippen LogP contribution < -0.4 is 4.89 Å². The molecule has 0 aromatic carbocycles. The summed E-state index contributed by atoms with van der Waals surface area (Å²) in [5.41, 5.74) is 0. The highest BCUT2D eigenvalue weighted by Crippen LogP contribution is 2.38. The van der Waals surface area contributed by atoms with Crippen molar-refractivity contribution in [2.75, 3.05) is 47.5 Å². The molecule has 0 spiro atoms. The predicted molar refractivity (Wildman–Crippen MR) is 314 cm³/mol. The first-order valence-corrected chi connectivity index (χ1v) is 33.2. The standard InChI is InChI=1S/C64H122NO8P/c1-6-8-10-12-14-16-18-20-21-22-23-24-25-26-27-28-29-30-31-32-33-34-35-36-37-38-39-40-41-42-43-45-47-49-51-53-55-57-64(67)73-62(61-72-74(68,69)71-59-58-65(3,4)5)60-70-63(66)56-54-52-50-48-46-44-19-17-15-13-11-9-7-2/h18,20,22-23,25-26,62H,6-17,19,21,24,27-61H2,1-5H3/b20-18-,23-22-,26-25-. The number of quaternary nitrogens is 1. The van der Waals surface area contributed by atoms with Gasteiger partial charge in [-0.1, -0.05) is 281 Å². The molecule has 10 heteroatoms. The van der Waals surface area contributed by atoms with Crippen LogP contribution in [0.3, 0.4) is 0 Å². The molecule has 0 radical (unpaired) electrons. The molecule has 0 aromatic rings. The minimum absolute atomic E-state index is 0.0275. The molecular weight excluding hydrogens is 942 g/mol. The van der Waals surface area contributed by atoms with Gasteiger partial charge >= 0.3 is 11.9 Å². The van der Waals surface area contributed by atoms with Gasteiger partial charge in [-0.2, -0.15) is 0 Å². The maximum absolute atomic E-state index is 12.8. The molecular formula is C64H122NO8P. The molecule has 74 heavy (non-hydrogen) atoms. The summed E-state index contributed by atoms with van der Waals surface area (Å²) in [6.45, 7) is 4.27. The molecule has 0 rings (SSSR count). The van der Waals surface area contributed by atoms with Crippen molar-refractivity contribution in [3.63, 3.8) is 0 Å². The number of carbonyl (C=O) groups excluding carboxylic acids is 2. The number of carbonyl (C=O) groups is 2. The Bertz CT molecular complexity index is 1340. The first-order chi connectivity index (χ1) is 36.0. The van der Waals surface area contributed by atoms with Crippen molar-refractivity contribution in [2.45, 2.75) is 315 Å². The molecule has 0 aromatic heterocycles. The molecule has 0 aliphatic heterocycles. The van der Waals surface area contributed by atoms with Crippen LogP contribution in [0, 0.1) is 0 Å². The Hall–Kier alpha value is -1.77. The van der Waals surface area contributed by atoms with Crippen LogP contribution in [0.1, 0.15) is 309 Å². The Balaban J connectivity index is 3.91. The van der Waals surface area contributed by atoms with Crippen LogP contribution in [0.2, 0.25) is 0 Å². The summed E-state index contributed by atoms with van der Waals surface area (Å²) in [4.78, 5) is 37.8. The molecule has 0 heterocycles. The molecule has 0 saturated carbocycles. The fraction of sp³-hybridized carbons (Fsp3) is 0.875. The summed E-state index contributed by atoms with van der Waals surface area (Å²) in [6, 6.07) is 0. The van der Waals surface area contributed by atoms with Gasteiger partial charge in [-0.05, 0) is 51.4 Å². The van der Waals surface area contributed by atoms with E-state index < -0.39 is 26.5 Å². The topological polar surface area (TPSA) is 111 Å². The van der Waals surface area contributed by atoms with E-state index in [4.69, 9.17) is 18.5 Å². The van der Waals surface area contributed by atoms with Crippen molar-refractivity contribution in [3.8, 4) is 0 Å². The number of phosphoric acid groups is 1. The van der Waals surface area contributed by atoms with Gasteiger partial charge < -0.3 is 27.9 Å². The molecule has 2 atom stereocenters. The first kappa shape index (κ1) is 72.2. The van der Waals surface area contributed by atoms with Crippen LogP contribution >= 0.6 is 7.82 Å². The second kappa shape index (κ2) is 56.0. The Labute approximate surface area is 459 Å². The largest absolute Gasteiger partial charge is 0.756 e. The van der Waals surface area contributed by atoms with Crippen molar-refractivity contribution in [3.05, 3.63) is 36.5 Å². The molecule has 0 fully saturated rings. The third-order valence-electron chi connectivity index (χ3n) is 14.2. The average Bonchev–Trinajstić information content (AvgIpc) is 3.36. The zero-order chi connectivity index (χ0) is 54.2. The molecule has 0 aliphatic carbocycles. The molecule has 0 aliphatic rings. The van der Waals surface area contributed by atoms with Crippen molar-refractivity contribution in [1.82, 2.24) is 0 Å². The van der Waals surface area contributed by atoms with E-state index in [2.05, 4.69) is 50.3 Å². The number of unbranched alkanes of at least 4 members (excludes halogenated alkanes) is 39. The molecule has 436 valence electrons. The van der Waals surface area contributed by atoms with Gasteiger partial charge in [0.05, 0.1) is 27.7 Å². The fourth-order valence-electron chi connectivity index (χ4n) is 9.25. The maximum Gasteiger partial charge on any atom is 0.306 e. The summed E-state index contributed by atoms with van der Waals surface area (Å²) in [7, 11) is 1.18. The van der Waals surface area contributed by atoms with E-state index in [0.717, 1.165) is 44.9 Å². The number of phosphoric ester groups is 1. The number of rotatable bonds is 59. The summed E-state index contributed by atoms with van der Waals surface area (Å²) in [6.07, 6.45) is 69.4. The second-order valence-corrected chi connectivity index (χ2v) is 24.2. The zero-order valence-electron chi connectivity index (χ0n) is 49.6. The quantitative estimate of drug-likeness (QED) is 0.0195. The second-order valence-electron chi connectivity index (χ2n) is 22.8. The smallest absolute Gasteiger partial charge is 0.306 e. The lowest BCUT2D eigenvalue weighted by molar-refractivity contribution is -0.870. The number of nitrogens with zero attached hydrogens (tertiary/aromatic N) is 1. The SMILES string of the molecule is CCCCCCC/C=C\C/C=C\C/C=C\CCCCCCCCCCCCCCCCCCCCCCCCC(=O)OC(COC(=O)CCCCCCCCCCCCCCC)COP(=O)([O-])OCC[N+](C)(C)C. The molecule has 0 saturated heterocycles. The van der Waals surface area contributed by atoms with Crippen molar-refractivity contribution in [2.24, 2.45) is 0 Å². The van der Waals surface area contributed by atoms with Gasteiger partial charge in [0.25, 0.3) is 7.82 Å². The van der Waals surface area contributed by atoms with Gasteiger partial charge in [0.2, 0.25) is 0 Å². The van der Waals surface area contributed by atoms with Crippen molar-refractivity contribution in [1.29, 1.82) is 0 Å². The van der Waals surface area contributed by atoms with E-state index in [1.165, 1.54) is 231 Å². The predicted octanol–water partition coefficient (Wildman–Crippen LogP) is 19.3. The third-order valence-corrected chi connectivity index (χ3v) is 15.1. The lowest BCUT2D eigenvalue weighted by atomic mass is 10.0. The third kappa shape index (κ3) is 59.5. The molecule has 9 nitrogen and oxygen atoms in total. The Morgan fingerprint density at radius 3 is 1.08 bits per heavy atom. The first-order valence-electron chi connectivity index (χ1n) is 31.7. The number of hydrogen-bond donors (Lipinski definition) is 0. The fourth-order valence-corrected chi connectivity index (χ4v) is 9.98. The minimum Gasteiger partial charge on any atom is -0.756 e. The van der Waals surface area contributed by atoms with Gasteiger partial charge in [-0.3, -0.25) is 14.2 Å². The number of hydrogen-bond acceptors (Lipinski definition) is 8. The minimum atomic E-state index is -4.63. The number of ether oxygens (including phenoxy) is 2. The number of esters is 2. The highest BCUT2D eigenvalue weighted by atomic mass is 31.2. The maximum atomic E-state index is 12.8. The monoisotopic (exact) mass is 1060 g/mol. The van der Waals surface area contributed by atoms with Crippen LogP contribution in [-0.2, 0) is 32.7 Å². The summed E-state index contributed by atoms with van der Waals surface area (Å²) >= 11 is 0. The van der Waals surface area contributed by atoms with E-state index in [1.54, 1.807) is 0 Å². The Morgan fingerprint density at radius 2 is 0.730 bits per heavy atom. The summed E-state index contributed by atoms with van der Waals surface area (Å²) in [5.74, 6) is -0.817. The molecule has 0 amide bonds. The van der Waals surface area contributed by atoms with Gasteiger partial charge in [-0.25, -0.2) is 0 Å². The number of likely N-dealkylation sites (N-methyl/N-ethyl adjacent to an activating group) is 1. The Morgan fingerprint density at radius 1 is 0.419 bits per heavy atom. The summed E-state index contributed by atoms with van der Waals surface area (Å²) < 4.78 is 34.1. The van der Waals surface area contributed by atoms with E-state index in [9.17, 15) is 19.0 Å². The van der Waals surface area contributed by atoms with Crippen LogP contribution in [0.25, 0.3) is 0 Å². The van der Waals surface area contributed by atoms with Gasteiger partial charge in [0.15, 0.2) is 6.10 Å². The van der Waals surface area contributed by atoms with Crippen LogP contribution in [0.4, 0.5) is 0 Å². The van der Waals surface area contributed by atoms with Crippen molar-refractivity contribution >= 4 is 19.8 Å². The lowest BCUT2D eigenvalue weighted by Crippen LogP contribution is -2.37. The highest BCUT2D eigenvalue weighted by Gasteiger charge is 2.22. The van der Waals surface area contributed by atoms with E-state index in [0.29, 0.717) is 17.4 Å². The Kier molecular flexibility index (Phi) is 54.6. The van der Waals surface area contributed by atoms with Gasteiger partial charge in [0.1, 0.15) is 19.8 Å². The van der Waals surface area contributed by atoms with Crippen molar-refractivity contribution < 1.29 is 42.1 Å². The van der Waals surface area contributed by atoms with Crippen LogP contribution in [-0.4, -0.2) is 70.0 Å². The van der Waals surface area contributed by atoms with E-state index in [1.807, 2.05) is 21.1 Å². The van der Waals surface area contributed by atoms with Crippen LogP contribution in [0.15, 0.2) is 36.5 Å². The van der Waals surface area contributed by atoms with E-state index in [-0.39, 0.29) is 32.0 Å². The van der Waals surface area contributed by atoms with Gasteiger partial charge in [0, 0.05) is 12.8 Å². The normalized spacial score (nSPS) is 13.4. The average molecular weight is 1060 g/mol. The van der Waals surface area contributed by atoms with E-state index >= 15 is 0 Å². The summed E-state index contributed by atoms with van der Waals surface area (Å²) in [5, 5.41) is 0. The lowest BCUT2D eigenvalue weighted by Gasteiger charge is -2.28. The highest BCUT2D eigenvalue weighted by molar-refractivity contribution is 7.45. The van der Waals surface area contributed by atoms with Gasteiger partial charge in [-0.15, -0.1) is 0 Å². The molecule has 0 bridgehead atoms. The molecule has 0 N–H and O–H groups in total. The molecule has 2 unspecified atom stereocenters.